The zero-order valence-electron chi connectivity index (χ0n) is 12.0. The van der Waals surface area contributed by atoms with Crippen molar-refractivity contribution in [2.24, 2.45) is 0 Å². The van der Waals surface area contributed by atoms with Crippen LogP contribution in [0.25, 0.3) is 10.8 Å². The summed E-state index contributed by atoms with van der Waals surface area (Å²) in [4.78, 5) is 13.9. The summed E-state index contributed by atoms with van der Waals surface area (Å²) in [6.07, 6.45) is 0.349. The summed E-state index contributed by atoms with van der Waals surface area (Å²) in [7, 11) is -2.02. The monoisotopic (exact) mass is 320 g/mol. The normalized spacial score (nSPS) is 14.1. The van der Waals surface area contributed by atoms with E-state index in [0.29, 0.717) is 28.4 Å². The molecule has 22 heavy (non-hydrogen) atoms. The van der Waals surface area contributed by atoms with E-state index in [-0.39, 0.29) is 24.0 Å². The highest BCUT2D eigenvalue weighted by molar-refractivity contribution is 7.89. The molecule has 7 heteroatoms. The second kappa shape index (κ2) is 5.35. The number of hydrogen-bond acceptors (Lipinski definition) is 4. The topological polar surface area (TPSA) is 86.7 Å². The number of hydrogen-bond donors (Lipinski definition) is 2. The lowest BCUT2D eigenvalue weighted by molar-refractivity contribution is 0.0999. The number of aliphatic hydroxyl groups excluding tert-OH is 1. The molecule has 0 unspecified atom stereocenters. The van der Waals surface area contributed by atoms with Crippen molar-refractivity contribution in [2.45, 2.75) is 11.3 Å². The van der Waals surface area contributed by atoms with E-state index >= 15 is 0 Å². The first kappa shape index (κ1) is 15.0. The number of rotatable bonds is 5. The highest BCUT2D eigenvalue weighted by Gasteiger charge is 2.29. The third kappa shape index (κ3) is 2.18. The van der Waals surface area contributed by atoms with E-state index in [4.69, 9.17) is 5.11 Å². The van der Waals surface area contributed by atoms with E-state index in [1.807, 2.05) is 0 Å². The second-order valence-corrected chi connectivity index (χ2v) is 6.89. The molecule has 1 amide bonds. The number of carbonyl (C=O) groups excluding carboxylic acids is 1. The molecule has 0 fully saturated rings. The molecule has 0 saturated carbocycles. The van der Waals surface area contributed by atoms with Crippen LogP contribution in [0.4, 0.5) is 5.69 Å². The van der Waals surface area contributed by atoms with Gasteiger partial charge >= 0.3 is 0 Å². The van der Waals surface area contributed by atoms with E-state index in [2.05, 4.69) is 4.72 Å². The Bertz CT molecular complexity index is 861. The molecule has 2 aromatic carbocycles. The summed E-state index contributed by atoms with van der Waals surface area (Å²) in [6.45, 7) is 0.0895. The molecule has 116 valence electrons. The van der Waals surface area contributed by atoms with E-state index < -0.39 is 10.0 Å². The summed E-state index contributed by atoms with van der Waals surface area (Å²) < 4.78 is 27.3. The van der Waals surface area contributed by atoms with Crippen molar-refractivity contribution in [1.82, 2.24) is 4.72 Å². The van der Waals surface area contributed by atoms with Gasteiger partial charge < -0.3 is 10.0 Å². The Balaban J connectivity index is 2.17. The molecular weight excluding hydrogens is 304 g/mol. The first-order valence-electron chi connectivity index (χ1n) is 6.91. The molecule has 0 aromatic heterocycles. The minimum absolute atomic E-state index is 0.0777. The van der Waals surface area contributed by atoms with E-state index in [9.17, 15) is 13.2 Å². The average molecular weight is 320 g/mol. The van der Waals surface area contributed by atoms with Crippen LogP contribution >= 0.6 is 0 Å². The van der Waals surface area contributed by atoms with Crippen LogP contribution in [0.3, 0.4) is 0 Å². The number of amides is 1. The van der Waals surface area contributed by atoms with Crippen molar-refractivity contribution in [2.75, 3.05) is 25.1 Å². The van der Waals surface area contributed by atoms with Gasteiger partial charge in [0.1, 0.15) is 0 Å². The molecule has 2 aromatic rings. The lowest BCUT2D eigenvalue weighted by Crippen LogP contribution is -2.25. The predicted octanol–water partition coefficient (Wildman–Crippen LogP) is 1.09. The van der Waals surface area contributed by atoms with Crippen LogP contribution in [0.2, 0.25) is 0 Å². The number of anilines is 1. The first-order chi connectivity index (χ1) is 10.5. The minimum atomic E-state index is -3.69. The Hall–Kier alpha value is -1.96. The van der Waals surface area contributed by atoms with Gasteiger partial charge in [0.2, 0.25) is 10.0 Å². The molecule has 0 aliphatic carbocycles. The molecule has 0 atom stereocenters. The molecule has 2 N–H and O–H groups in total. The van der Waals surface area contributed by atoms with Crippen LogP contribution in [-0.4, -0.2) is 39.6 Å². The Morgan fingerprint density at radius 3 is 2.73 bits per heavy atom. The van der Waals surface area contributed by atoms with Gasteiger partial charge in [0.25, 0.3) is 5.91 Å². The molecule has 0 radical (unpaired) electrons. The van der Waals surface area contributed by atoms with Gasteiger partial charge in [0, 0.05) is 36.5 Å². The summed E-state index contributed by atoms with van der Waals surface area (Å²) in [6, 6.07) is 8.25. The highest BCUT2D eigenvalue weighted by Crippen LogP contribution is 2.39. The van der Waals surface area contributed by atoms with Gasteiger partial charge in [0.05, 0.1) is 10.6 Å². The lowest BCUT2D eigenvalue weighted by Gasteiger charge is -2.12. The standard InChI is InChI=1S/C15H16N2O4S/c1-17-12-6-7-13(22(20,21)16-8-3-9-18)10-4-2-5-11(14(10)12)15(17)19/h2,4-7,16,18H,3,8-9H2,1H3. The lowest BCUT2D eigenvalue weighted by atomic mass is 10.1. The van der Waals surface area contributed by atoms with Crippen molar-refractivity contribution in [3.05, 3.63) is 35.9 Å². The summed E-state index contributed by atoms with van der Waals surface area (Å²) in [5.74, 6) is -0.136. The van der Waals surface area contributed by atoms with Crippen LogP contribution in [0.1, 0.15) is 16.8 Å². The Kier molecular flexibility index (Phi) is 3.64. The molecule has 0 bridgehead atoms. The number of carbonyl (C=O) groups is 1. The highest BCUT2D eigenvalue weighted by atomic mass is 32.2. The van der Waals surface area contributed by atoms with Crippen molar-refractivity contribution in [1.29, 1.82) is 0 Å². The van der Waals surface area contributed by atoms with Gasteiger partial charge in [0.15, 0.2) is 0 Å². The number of nitrogens with one attached hydrogen (secondary N) is 1. The van der Waals surface area contributed by atoms with E-state index in [0.717, 1.165) is 0 Å². The van der Waals surface area contributed by atoms with E-state index in [1.54, 1.807) is 31.3 Å². The Morgan fingerprint density at radius 2 is 2.00 bits per heavy atom. The third-order valence-corrected chi connectivity index (χ3v) is 5.31. The van der Waals surface area contributed by atoms with Gasteiger partial charge in [-0.1, -0.05) is 12.1 Å². The van der Waals surface area contributed by atoms with Gasteiger partial charge in [-0.25, -0.2) is 13.1 Å². The molecule has 3 rings (SSSR count). The number of benzene rings is 2. The van der Waals surface area contributed by atoms with Crippen molar-refractivity contribution < 1.29 is 18.3 Å². The Labute approximate surface area is 128 Å². The van der Waals surface area contributed by atoms with Crippen LogP contribution in [0.5, 0.6) is 0 Å². The first-order valence-corrected chi connectivity index (χ1v) is 8.40. The van der Waals surface area contributed by atoms with Crippen molar-refractivity contribution in [3.63, 3.8) is 0 Å². The molecule has 6 nitrogen and oxygen atoms in total. The minimum Gasteiger partial charge on any atom is -0.396 e. The number of nitrogens with zero attached hydrogens (tertiary/aromatic N) is 1. The fourth-order valence-electron chi connectivity index (χ4n) is 2.71. The summed E-state index contributed by atoms with van der Waals surface area (Å²) in [5.41, 5.74) is 1.23. The summed E-state index contributed by atoms with van der Waals surface area (Å²) >= 11 is 0. The molecule has 0 spiro atoms. The SMILES string of the molecule is CN1C(=O)c2cccc3c(S(=O)(=O)NCCCO)ccc1c23. The van der Waals surface area contributed by atoms with Crippen molar-refractivity contribution in [3.8, 4) is 0 Å². The quantitative estimate of drug-likeness (QED) is 0.808. The fraction of sp³-hybridized carbons (Fsp3) is 0.267. The zero-order chi connectivity index (χ0) is 15.9. The Morgan fingerprint density at radius 1 is 1.23 bits per heavy atom. The van der Waals surface area contributed by atoms with Crippen LogP contribution in [0, 0.1) is 0 Å². The zero-order valence-corrected chi connectivity index (χ0v) is 12.9. The molecule has 1 aliphatic heterocycles. The van der Waals surface area contributed by atoms with Crippen LogP contribution < -0.4 is 9.62 Å². The maximum atomic E-state index is 12.4. The fourth-order valence-corrected chi connectivity index (χ4v) is 3.98. The molecular formula is C15H16N2O4S. The number of sulfonamides is 1. The summed E-state index contributed by atoms with van der Waals surface area (Å²) in [5, 5.41) is 9.97. The average Bonchev–Trinajstić information content (AvgIpc) is 2.75. The molecule has 0 saturated heterocycles. The van der Waals surface area contributed by atoms with Gasteiger partial charge in [-0.05, 0) is 24.6 Å². The largest absolute Gasteiger partial charge is 0.396 e. The van der Waals surface area contributed by atoms with Crippen LogP contribution in [0.15, 0.2) is 35.2 Å². The second-order valence-electron chi connectivity index (χ2n) is 5.15. The van der Waals surface area contributed by atoms with Gasteiger partial charge in [-0.2, -0.15) is 0 Å². The molecule has 1 heterocycles. The van der Waals surface area contributed by atoms with Crippen molar-refractivity contribution >= 4 is 32.4 Å². The van der Waals surface area contributed by atoms with E-state index in [1.165, 1.54) is 11.0 Å². The van der Waals surface area contributed by atoms with Gasteiger partial charge in [-0.3, -0.25) is 4.79 Å². The molecule has 1 aliphatic rings. The number of aliphatic hydroxyl groups is 1. The smallest absolute Gasteiger partial charge is 0.258 e. The van der Waals surface area contributed by atoms with Gasteiger partial charge in [-0.15, -0.1) is 0 Å². The predicted molar refractivity (Wildman–Crippen MR) is 83.6 cm³/mol. The van der Waals surface area contributed by atoms with Crippen LogP contribution in [-0.2, 0) is 10.0 Å². The maximum Gasteiger partial charge on any atom is 0.258 e. The maximum absolute atomic E-state index is 12.4. The third-order valence-electron chi connectivity index (χ3n) is 3.79.